The average molecular weight is 431 g/mol. The highest BCUT2D eigenvalue weighted by molar-refractivity contribution is 7.99. The van der Waals surface area contributed by atoms with Gasteiger partial charge < -0.3 is 19.5 Å². The number of ether oxygens (including phenoxy) is 1. The minimum atomic E-state index is 0.109. The third-order valence-corrected chi connectivity index (χ3v) is 6.39. The zero-order chi connectivity index (χ0) is 20.1. The number of nitrogens with zero attached hydrogens (tertiary/aromatic N) is 5. The molecule has 4 rings (SSSR count). The molecule has 0 aliphatic carbocycles. The minimum absolute atomic E-state index is 0.109. The van der Waals surface area contributed by atoms with E-state index in [-0.39, 0.29) is 5.91 Å². The number of thioether (sulfide) groups is 1. The van der Waals surface area contributed by atoms with Gasteiger partial charge in [0.25, 0.3) is 0 Å². The molecule has 1 amide bonds. The molecule has 0 spiro atoms. The van der Waals surface area contributed by atoms with Crippen LogP contribution in [0.3, 0.4) is 0 Å². The van der Waals surface area contributed by atoms with Gasteiger partial charge in [-0.05, 0) is 0 Å². The van der Waals surface area contributed by atoms with Crippen molar-refractivity contribution in [3.05, 3.63) is 41.5 Å². The fraction of sp³-hybridized carbons (Fsp3) is 0.368. The summed E-state index contributed by atoms with van der Waals surface area (Å²) in [6.07, 6.45) is 0. The van der Waals surface area contributed by atoms with Crippen molar-refractivity contribution >= 4 is 34.1 Å². The molecule has 152 valence electrons. The first-order valence-corrected chi connectivity index (χ1v) is 11.2. The van der Waals surface area contributed by atoms with E-state index in [1.807, 2.05) is 52.2 Å². The topological polar surface area (TPSA) is 85.2 Å². The predicted molar refractivity (Wildman–Crippen MR) is 114 cm³/mol. The van der Waals surface area contributed by atoms with Crippen molar-refractivity contribution in [3.8, 4) is 11.3 Å². The normalized spacial score (nSPS) is 14.2. The van der Waals surface area contributed by atoms with Gasteiger partial charge in [-0.25, -0.2) is 4.98 Å². The third-order valence-electron chi connectivity index (χ3n) is 4.59. The Morgan fingerprint density at radius 1 is 1.24 bits per heavy atom. The van der Waals surface area contributed by atoms with Crippen LogP contribution in [0.5, 0.6) is 0 Å². The van der Waals surface area contributed by atoms with E-state index < -0.39 is 0 Å². The number of carbonyl (C=O) groups excluding carboxylic acids is 1. The van der Waals surface area contributed by atoms with Gasteiger partial charge in [-0.1, -0.05) is 42.1 Å². The summed E-state index contributed by atoms with van der Waals surface area (Å²) in [5.74, 6) is 1.26. The lowest BCUT2D eigenvalue weighted by Gasteiger charge is -2.26. The molecule has 0 atom stereocenters. The van der Waals surface area contributed by atoms with Crippen LogP contribution in [0.15, 0.2) is 40.9 Å². The lowest BCUT2D eigenvalue weighted by atomic mass is 10.2. The van der Waals surface area contributed by atoms with Crippen molar-refractivity contribution < 1.29 is 9.53 Å². The van der Waals surface area contributed by atoms with Crippen LogP contribution in [0.2, 0.25) is 0 Å². The van der Waals surface area contributed by atoms with Gasteiger partial charge in [0, 0.05) is 31.1 Å². The number of hydrogen-bond acceptors (Lipinski definition) is 8. The first kappa shape index (κ1) is 19.9. The molecule has 1 N–H and O–H groups in total. The second-order valence-corrected chi connectivity index (χ2v) is 8.30. The summed E-state index contributed by atoms with van der Waals surface area (Å²) >= 11 is 2.97. The van der Waals surface area contributed by atoms with Gasteiger partial charge in [0.05, 0.1) is 31.2 Å². The van der Waals surface area contributed by atoms with Crippen LogP contribution in [-0.2, 0) is 23.1 Å². The zero-order valence-electron chi connectivity index (χ0n) is 16.1. The van der Waals surface area contributed by atoms with Crippen LogP contribution >= 0.6 is 23.1 Å². The Balaban J connectivity index is 1.31. The van der Waals surface area contributed by atoms with E-state index in [2.05, 4.69) is 20.5 Å². The number of morpholine rings is 1. The molecule has 8 nitrogen and oxygen atoms in total. The molecule has 1 fully saturated rings. The highest BCUT2D eigenvalue weighted by Gasteiger charge is 2.18. The minimum Gasteiger partial charge on any atom is -0.378 e. The summed E-state index contributed by atoms with van der Waals surface area (Å²) in [6, 6.07) is 10.1. The van der Waals surface area contributed by atoms with Crippen LogP contribution < -0.4 is 5.32 Å². The van der Waals surface area contributed by atoms with Crippen LogP contribution in [0.25, 0.3) is 11.3 Å². The summed E-state index contributed by atoms with van der Waals surface area (Å²) in [5, 5.41) is 15.4. The van der Waals surface area contributed by atoms with Crippen molar-refractivity contribution in [1.82, 2.24) is 24.6 Å². The Morgan fingerprint density at radius 2 is 2.03 bits per heavy atom. The number of thiazole rings is 1. The van der Waals surface area contributed by atoms with Gasteiger partial charge in [-0.3, -0.25) is 4.79 Å². The van der Waals surface area contributed by atoms with Crippen molar-refractivity contribution in [3.63, 3.8) is 0 Å². The first-order valence-electron chi connectivity index (χ1n) is 9.32. The Hall–Kier alpha value is -2.43. The molecule has 0 radical (unpaired) electrons. The van der Waals surface area contributed by atoms with E-state index in [1.165, 1.54) is 11.8 Å². The van der Waals surface area contributed by atoms with E-state index in [0.717, 1.165) is 27.4 Å². The second-order valence-electron chi connectivity index (χ2n) is 6.50. The van der Waals surface area contributed by atoms with E-state index in [9.17, 15) is 4.79 Å². The molecule has 3 aromatic rings. The SMILES string of the molecule is Cn1c(CNc2nc(-c3ccccc3)cs2)nnc1SCC(=O)N1CCOCC1. The Labute approximate surface area is 177 Å². The number of aromatic nitrogens is 4. The maximum atomic E-state index is 12.3. The van der Waals surface area contributed by atoms with Gasteiger partial charge in [-0.15, -0.1) is 21.5 Å². The predicted octanol–water partition coefficient (Wildman–Crippen LogP) is 2.50. The molecule has 0 saturated carbocycles. The molecular weight excluding hydrogens is 408 g/mol. The highest BCUT2D eigenvalue weighted by atomic mass is 32.2. The number of benzene rings is 1. The standard InChI is InChI=1S/C19H22N6O2S2/c1-24-16(11-20-18-21-15(12-28-18)14-5-3-2-4-6-14)22-23-19(24)29-13-17(26)25-7-9-27-10-8-25/h2-6,12H,7-11,13H2,1H3,(H,20,21). The van der Waals surface area contributed by atoms with Crippen LogP contribution in [0.1, 0.15) is 5.82 Å². The third kappa shape index (κ3) is 4.95. The molecule has 1 aromatic carbocycles. The number of nitrogens with one attached hydrogen (secondary N) is 1. The van der Waals surface area contributed by atoms with Crippen molar-refractivity contribution in [2.24, 2.45) is 7.05 Å². The Morgan fingerprint density at radius 3 is 2.83 bits per heavy atom. The number of hydrogen-bond donors (Lipinski definition) is 1. The van der Waals surface area contributed by atoms with Gasteiger partial charge in [0.2, 0.25) is 5.91 Å². The van der Waals surface area contributed by atoms with E-state index in [1.54, 1.807) is 11.3 Å². The lowest BCUT2D eigenvalue weighted by molar-refractivity contribution is -0.132. The number of amides is 1. The summed E-state index contributed by atoms with van der Waals surface area (Å²) < 4.78 is 7.20. The molecule has 29 heavy (non-hydrogen) atoms. The van der Waals surface area contributed by atoms with E-state index in [4.69, 9.17) is 4.74 Å². The number of carbonyl (C=O) groups is 1. The van der Waals surface area contributed by atoms with E-state index in [0.29, 0.717) is 38.6 Å². The molecule has 0 unspecified atom stereocenters. The molecule has 1 aliphatic heterocycles. The fourth-order valence-corrected chi connectivity index (χ4v) is 4.46. The summed E-state index contributed by atoms with van der Waals surface area (Å²) in [7, 11) is 1.91. The number of anilines is 1. The van der Waals surface area contributed by atoms with E-state index >= 15 is 0 Å². The van der Waals surface area contributed by atoms with Gasteiger partial charge >= 0.3 is 0 Å². The highest BCUT2D eigenvalue weighted by Crippen LogP contribution is 2.25. The molecule has 0 bridgehead atoms. The van der Waals surface area contributed by atoms with Crippen LogP contribution in [-0.4, -0.2) is 62.6 Å². The lowest BCUT2D eigenvalue weighted by Crippen LogP contribution is -2.41. The molecular formula is C19H22N6O2S2. The maximum Gasteiger partial charge on any atom is 0.233 e. The van der Waals surface area contributed by atoms with Crippen molar-refractivity contribution in [2.75, 3.05) is 37.4 Å². The fourth-order valence-electron chi connectivity index (χ4n) is 2.91. The quantitative estimate of drug-likeness (QED) is 0.577. The molecule has 1 saturated heterocycles. The molecule has 1 aliphatic rings. The van der Waals surface area contributed by atoms with Crippen molar-refractivity contribution in [2.45, 2.75) is 11.7 Å². The average Bonchev–Trinajstić information content (AvgIpc) is 3.38. The monoisotopic (exact) mass is 430 g/mol. The van der Waals surface area contributed by atoms with Gasteiger partial charge in [0.1, 0.15) is 0 Å². The summed E-state index contributed by atoms with van der Waals surface area (Å²) in [6.45, 7) is 3.05. The van der Waals surface area contributed by atoms with Gasteiger partial charge in [-0.2, -0.15) is 0 Å². The first-order chi connectivity index (χ1) is 14.2. The number of rotatable bonds is 7. The second kappa shape index (κ2) is 9.38. The zero-order valence-corrected chi connectivity index (χ0v) is 17.7. The summed E-state index contributed by atoms with van der Waals surface area (Å²) in [5.41, 5.74) is 2.05. The largest absolute Gasteiger partial charge is 0.378 e. The molecule has 10 heteroatoms. The van der Waals surface area contributed by atoms with Gasteiger partial charge in [0.15, 0.2) is 16.1 Å². The van der Waals surface area contributed by atoms with Crippen molar-refractivity contribution in [1.29, 1.82) is 0 Å². The summed E-state index contributed by atoms with van der Waals surface area (Å²) in [4.78, 5) is 18.8. The molecule has 3 heterocycles. The smallest absolute Gasteiger partial charge is 0.233 e. The van der Waals surface area contributed by atoms with Crippen LogP contribution in [0, 0.1) is 0 Å². The van der Waals surface area contributed by atoms with Crippen LogP contribution in [0.4, 0.5) is 5.13 Å². The Kier molecular flexibility index (Phi) is 6.43. The Bertz CT molecular complexity index is 953. The molecule has 2 aromatic heterocycles. The maximum absolute atomic E-state index is 12.3.